The van der Waals surface area contributed by atoms with Crippen LogP contribution in [0, 0.1) is 0 Å². The molecule has 0 bridgehead atoms. The van der Waals surface area contributed by atoms with E-state index in [1.807, 2.05) is 61.5 Å². The Hall–Kier alpha value is -2.67. The smallest absolute Gasteiger partial charge is 0.349 e. The number of fused-ring (bicyclic) bond motifs is 1. The minimum absolute atomic E-state index is 0.127. The molecule has 0 aliphatic carbocycles. The number of esters is 1. The molecule has 0 radical (unpaired) electrons. The van der Waals surface area contributed by atoms with Gasteiger partial charge in [0.05, 0.1) is 13.2 Å². The van der Waals surface area contributed by atoms with E-state index in [1.54, 1.807) is 13.8 Å². The molecule has 0 aromatic heterocycles. The monoisotopic (exact) mass is 502 g/mol. The minimum Gasteiger partial charge on any atom is -0.459 e. The Labute approximate surface area is 207 Å². The first-order chi connectivity index (χ1) is 16.9. The molecule has 3 rings (SSSR count). The molecule has 190 valence electrons. The lowest BCUT2D eigenvalue weighted by Crippen LogP contribution is -2.54. The van der Waals surface area contributed by atoms with Gasteiger partial charge in [0.2, 0.25) is 0 Å². The normalized spacial score (nSPS) is 15.4. The molecule has 2 amide bonds. The first-order valence-electron chi connectivity index (χ1n) is 12.1. The van der Waals surface area contributed by atoms with Crippen molar-refractivity contribution < 1.29 is 27.9 Å². The van der Waals surface area contributed by atoms with Gasteiger partial charge in [0.1, 0.15) is 18.9 Å². The van der Waals surface area contributed by atoms with E-state index in [0.717, 1.165) is 16.7 Å². The summed E-state index contributed by atoms with van der Waals surface area (Å²) in [4.78, 5) is 30.0. The fraction of sp³-hybridized carbons (Fsp3) is 0.462. The number of rotatable bonds is 11. The van der Waals surface area contributed by atoms with Gasteiger partial charge in [0.15, 0.2) is 0 Å². The van der Waals surface area contributed by atoms with Gasteiger partial charge < -0.3 is 23.6 Å². The molecule has 9 heteroatoms. The molecule has 2 aromatic carbocycles. The number of hydrogen-bond donors (Lipinski definition) is 0. The van der Waals surface area contributed by atoms with Crippen LogP contribution >= 0.6 is 7.60 Å². The minimum atomic E-state index is -3.51. The number of urea groups is 1. The van der Waals surface area contributed by atoms with E-state index in [9.17, 15) is 14.2 Å². The van der Waals surface area contributed by atoms with Crippen molar-refractivity contribution in [3.05, 3.63) is 71.3 Å². The molecule has 35 heavy (non-hydrogen) atoms. The van der Waals surface area contributed by atoms with Crippen LogP contribution in [0.25, 0.3) is 0 Å². The van der Waals surface area contributed by atoms with Crippen molar-refractivity contribution in [2.75, 3.05) is 26.0 Å². The molecular formula is C26H35N2O6P. The summed E-state index contributed by atoms with van der Waals surface area (Å²) in [6.45, 7) is 6.55. The molecule has 1 heterocycles. The Morgan fingerprint density at radius 1 is 0.971 bits per heavy atom. The number of hydrogen-bond acceptors (Lipinski definition) is 6. The standard InChI is InChI=1S/C26H35N2O6P/c1-4-16-27(20-35(31,33-5-2)34-6-3)26(30)28-18-23-15-11-10-14-22(23)17-24(28)25(29)32-19-21-12-8-7-9-13-21/h7-15,24H,4-6,16-20H2,1-3H3. The lowest BCUT2D eigenvalue weighted by atomic mass is 9.94. The van der Waals surface area contributed by atoms with Gasteiger partial charge in [-0.25, -0.2) is 9.59 Å². The molecule has 8 nitrogen and oxygen atoms in total. The van der Waals surface area contributed by atoms with Crippen molar-refractivity contribution in [3.63, 3.8) is 0 Å². The van der Waals surface area contributed by atoms with Crippen molar-refractivity contribution in [2.24, 2.45) is 0 Å². The van der Waals surface area contributed by atoms with Crippen molar-refractivity contribution in [3.8, 4) is 0 Å². The fourth-order valence-electron chi connectivity index (χ4n) is 4.16. The Balaban J connectivity index is 1.85. The quantitative estimate of drug-likeness (QED) is 0.310. The van der Waals surface area contributed by atoms with Gasteiger partial charge in [0, 0.05) is 19.5 Å². The lowest BCUT2D eigenvalue weighted by molar-refractivity contribution is -0.151. The highest BCUT2D eigenvalue weighted by atomic mass is 31.2. The van der Waals surface area contributed by atoms with Crippen LogP contribution in [-0.4, -0.2) is 53.9 Å². The van der Waals surface area contributed by atoms with Crippen LogP contribution in [0.3, 0.4) is 0 Å². The molecule has 1 atom stereocenters. The van der Waals surface area contributed by atoms with Crippen LogP contribution in [-0.2, 0) is 42.7 Å². The third-order valence-corrected chi connectivity index (χ3v) is 7.74. The van der Waals surface area contributed by atoms with E-state index in [0.29, 0.717) is 19.4 Å². The third-order valence-electron chi connectivity index (χ3n) is 5.75. The van der Waals surface area contributed by atoms with Crippen LogP contribution < -0.4 is 0 Å². The van der Waals surface area contributed by atoms with Crippen molar-refractivity contribution >= 4 is 19.6 Å². The van der Waals surface area contributed by atoms with Crippen LogP contribution in [0.15, 0.2) is 54.6 Å². The second kappa shape index (κ2) is 12.9. The number of amides is 2. The van der Waals surface area contributed by atoms with Crippen molar-refractivity contribution in [2.45, 2.75) is 52.8 Å². The molecule has 0 spiro atoms. The highest BCUT2D eigenvalue weighted by molar-refractivity contribution is 7.53. The van der Waals surface area contributed by atoms with Crippen LogP contribution in [0.4, 0.5) is 4.79 Å². The summed E-state index contributed by atoms with van der Waals surface area (Å²) < 4.78 is 29.7. The topological polar surface area (TPSA) is 85.4 Å². The molecule has 1 unspecified atom stereocenters. The highest BCUT2D eigenvalue weighted by Gasteiger charge is 2.39. The van der Waals surface area contributed by atoms with Gasteiger partial charge in [-0.05, 0) is 37.0 Å². The number of ether oxygens (including phenoxy) is 1. The maximum absolute atomic E-state index is 13.8. The number of carbonyl (C=O) groups excluding carboxylic acids is 2. The van der Waals surface area contributed by atoms with E-state index in [-0.39, 0.29) is 38.7 Å². The van der Waals surface area contributed by atoms with E-state index in [1.165, 1.54) is 9.80 Å². The molecule has 0 saturated carbocycles. The fourth-order valence-corrected chi connectivity index (χ4v) is 5.86. The number of carbonyl (C=O) groups is 2. The number of nitrogens with zero attached hydrogens (tertiary/aromatic N) is 2. The summed E-state index contributed by atoms with van der Waals surface area (Å²) in [5.41, 5.74) is 2.86. The summed E-state index contributed by atoms with van der Waals surface area (Å²) in [6, 6.07) is 16.0. The lowest BCUT2D eigenvalue weighted by Gasteiger charge is -2.39. The van der Waals surface area contributed by atoms with Crippen molar-refractivity contribution in [1.29, 1.82) is 0 Å². The Bertz CT molecular complexity index is 1020. The molecule has 0 saturated heterocycles. The van der Waals surface area contributed by atoms with E-state index >= 15 is 0 Å². The van der Waals surface area contributed by atoms with E-state index < -0.39 is 19.6 Å². The average Bonchev–Trinajstić information content (AvgIpc) is 2.86. The predicted molar refractivity (Wildman–Crippen MR) is 134 cm³/mol. The zero-order valence-electron chi connectivity index (χ0n) is 20.7. The Kier molecular flexibility index (Phi) is 9.90. The van der Waals surface area contributed by atoms with E-state index in [4.69, 9.17) is 13.8 Å². The average molecular weight is 503 g/mol. The largest absolute Gasteiger partial charge is 0.459 e. The Morgan fingerprint density at radius 3 is 2.23 bits per heavy atom. The van der Waals surface area contributed by atoms with Crippen molar-refractivity contribution in [1.82, 2.24) is 9.80 Å². The second-order valence-corrected chi connectivity index (χ2v) is 10.4. The second-order valence-electron chi connectivity index (χ2n) is 8.34. The summed E-state index contributed by atoms with van der Waals surface area (Å²) in [5.74, 6) is -0.467. The van der Waals surface area contributed by atoms with E-state index in [2.05, 4.69) is 0 Å². The third kappa shape index (κ3) is 7.17. The highest BCUT2D eigenvalue weighted by Crippen LogP contribution is 2.48. The SMILES string of the molecule is CCCN(CP(=O)(OCC)OCC)C(=O)N1Cc2ccccc2CC1C(=O)OCc1ccccc1. The van der Waals surface area contributed by atoms with Gasteiger partial charge in [-0.15, -0.1) is 0 Å². The molecule has 0 fully saturated rings. The first-order valence-corrected chi connectivity index (χ1v) is 13.8. The summed E-state index contributed by atoms with van der Waals surface area (Å²) in [6.07, 6.45) is 0.826. The van der Waals surface area contributed by atoms with Gasteiger partial charge in [-0.2, -0.15) is 0 Å². The first kappa shape index (κ1) is 26.9. The molecule has 1 aliphatic heterocycles. The zero-order valence-corrected chi connectivity index (χ0v) is 21.6. The van der Waals surface area contributed by atoms with Gasteiger partial charge in [0.25, 0.3) is 0 Å². The molecular weight excluding hydrogens is 467 g/mol. The van der Waals surface area contributed by atoms with Gasteiger partial charge in [-0.1, -0.05) is 61.5 Å². The maximum Gasteiger partial charge on any atom is 0.349 e. The zero-order chi connectivity index (χ0) is 25.3. The van der Waals surface area contributed by atoms with Crippen LogP contribution in [0.5, 0.6) is 0 Å². The molecule has 1 aliphatic rings. The maximum atomic E-state index is 13.8. The Morgan fingerprint density at radius 2 is 1.60 bits per heavy atom. The van der Waals surface area contributed by atoms with Crippen LogP contribution in [0.2, 0.25) is 0 Å². The predicted octanol–water partition coefficient (Wildman–Crippen LogP) is 5.21. The van der Waals surface area contributed by atoms with Gasteiger partial charge in [-0.3, -0.25) is 4.57 Å². The van der Waals surface area contributed by atoms with Crippen LogP contribution in [0.1, 0.15) is 43.9 Å². The summed E-state index contributed by atoms with van der Waals surface area (Å²) >= 11 is 0. The summed E-state index contributed by atoms with van der Waals surface area (Å²) in [5, 5.41) is 0. The molecule has 0 N–H and O–H groups in total. The van der Waals surface area contributed by atoms with Gasteiger partial charge >= 0.3 is 19.6 Å². The molecule has 2 aromatic rings. The summed E-state index contributed by atoms with van der Waals surface area (Å²) in [7, 11) is -3.51. The number of benzene rings is 2.